The molecule has 1 aromatic rings. The molecule has 2 aliphatic heterocycles. The molecule has 2 fully saturated rings. The van der Waals surface area contributed by atoms with Crippen LogP contribution < -0.4 is 4.90 Å². The van der Waals surface area contributed by atoms with E-state index in [-0.39, 0.29) is 17.4 Å². The largest absolute Gasteiger partial charge is 0.508 e. The second-order valence-electron chi connectivity index (χ2n) is 4.81. The second kappa shape index (κ2) is 4.39. The SMILES string of the molecule is O=C1OC2(CCCSC2)CN1c1cccc(O)c1. The predicted molar refractivity (Wildman–Crippen MR) is 71.2 cm³/mol. The van der Waals surface area contributed by atoms with E-state index in [4.69, 9.17) is 4.74 Å². The third-order valence-corrected chi connectivity index (χ3v) is 4.71. The first-order valence-corrected chi connectivity index (χ1v) is 7.21. The highest BCUT2D eigenvalue weighted by molar-refractivity contribution is 7.99. The summed E-state index contributed by atoms with van der Waals surface area (Å²) in [5, 5.41) is 9.48. The van der Waals surface area contributed by atoms with Gasteiger partial charge in [-0.2, -0.15) is 11.8 Å². The summed E-state index contributed by atoms with van der Waals surface area (Å²) >= 11 is 1.84. The summed E-state index contributed by atoms with van der Waals surface area (Å²) in [5.74, 6) is 2.18. The van der Waals surface area contributed by atoms with E-state index in [1.807, 2.05) is 17.8 Å². The van der Waals surface area contributed by atoms with Gasteiger partial charge in [-0.05, 0) is 30.7 Å². The van der Waals surface area contributed by atoms with Crippen LogP contribution in [0.4, 0.5) is 10.5 Å². The minimum absolute atomic E-state index is 0.166. The molecule has 0 aliphatic carbocycles. The van der Waals surface area contributed by atoms with Gasteiger partial charge in [0.2, 0.25) is 0 Å². The van der Waals surface area contributed by atoms with E-state index < -0.39 is 0 Å². The van der Waals surface area contributed by atoms with Crippen LogP contribution in [0.15, 0.2) is 24.3 Å². The first-order chi connectivity index (χ1) is 8.69. The molecule has 0 bridgehead atoms. The Balaban J connectivity index is 1.84. The van der Waals surface area contributed by atoms with Crippen LogP contribution in [-0.4, -0.2) is 34.9 Å². The maximum Gasteiger partial charge on any atom is 0.415 e. The number of nitrogens with zero attached hydrogens (tertiary/aromatic N) is 1. The minimum atomic E-state index is -0.328. The summed E-state index contributed by atoms with van der Waals surface area (Å²) in [6.07, 6.45) is 1.72. The van der Waals surface area contributed by atoms with E-state index in [0.29, 0.717) is 12.2 Å². The zero-order valence-corrected chi connectivity index (χ0v) is 10.8. The topological polar surface area (TPSA) is 49.8 Å². The molecule has 4 nitrogen and oxygen atoms in total. The molecule has 1 aromatic carbocycles. The van der Waals surface area contributed by atoms with Crippen molar-refractivity contribution in [3.8, 4) is 5.75 Å². The van der Waals surface area contributed by atoms with E-state index in [2.05, 4.69) is 0 Å². The van der Waals surface area contributed by atoms with E-state index in [1.165, 1.54) is 0 Å². The van der Waals surface area contributed by atoms with Gasteiger partial charge in [0, 0.05) is 11.8 Å². The van der Waals surface area contributed by atoms with Gasteiger partial charge in [0.15, 0.2) is 0 Å². The number of amides is 1. The highest BCUT2D eigenvalue weighted by Crippen LogP contribution is 2.37. The summed E-state index contributed by atoms with van der Waals surface area (Å²) in [7, 11) is 0. The van der Waals surface area contributed by atoms with Gasteiger partial charge >= 0.3 is 6.09 Å². The minimum Gasteiger partial charge on any atom is -0.508 e. The Hall–Kier alpha value is -1.36. The Morgan fingerprint density at radius 1 is 1.44 bits per heavy atom. The summed E-state index contributed by atoms with van der Waals surface area (Å²) in [6.45, 7) is 0.586. The van der Waals surface area contributed by atoms with Crippen molar-refractivity contribution in [1.82, 2.24) is 0 Å². The number of hydrogen-bond donors (Lipinski definition) is 1. The van der Waals surface area contributed by atoms with Crippen LogP contribution in [0.3, 0.4) is 0 Å². The molecule has 1 N–H and O–H groups in total. The van der Waals surface area contributed by atoms with Crippen LogP contribution in [0.25, 0.3) is 0 Å². The number of ether oxygens (including phenoxy) is 1. The van der Waals surface area contributed by atoms with Gasteiger partial charge in [-0.15, -0.1) is 0 Å². The maximum atomic E-state index is 12.0. The molecule has 1 atom stereocenters. The Morgan fingerprint density at radius 2 is 2.33 bits per heavy atom. The van der Waals surface area contributed by atoms with Crippen LogP contribution in [0.5, 0.6) is 5.75 Å². The number of phenols is 1. The van der Waals surface area contributed by atoms with Crippen LogP contribution >= 0.6 is 11.8 Å². The highest BCUT2D eigenvalue weighted by Gasteiger charge is 2.46. The molecular weight excluding hydrogens is 250 g/mol. The summed E-state index contributed by atoms with van der Waals surface area (Å²) in [5.41, 5.74) is 0.373. The van der Waals surface area contributed by atoms with Gasteiger partial charge < -0.3 is 9.84 Å². The first-order valence-electron chi connectivity index (χ1n) is 6.06. The number of carbonyl (C=O) groups excluding carboxylic acids is 1. The van der Waals surface area contributed by atoms with Crippen LogP contribution in [0, 0.1) is 0 Å². The zero-order valence-electron chi connectivity index (χ0n) is 9.96. The molecule has 2 heterocycles. The first kappa shape index (κ1) is 11.7. The molecule has 1 unspecified atom stereocenters. The molecule has 1 amide bonds. The Labute approximate surface area is 110 Å². The maximum absolute atomic E-state index is 12.0. The third kappa shape index (κ3) is 2.03. The molecule has 0 radical (unpaired) electrons. The smallest absolute Gasteiger partial charge is 0.415 e. The number of anilines is 1. The number of thioether (sulfide) groups is 1. The fourth-order valence-electron chi connectivity index (χ4n) is 2.51. The average molecular weight is 265 g/mol. The third-order valence-electron chi connectivity index (χ3n) is 3.40. The molecule has 2 aliphatic rings. The van der Waals surface area contributed by atoms with Crippen molar-refractivity contribution >= 4 is 23.5 Å². The lowest BCUT2D eigenvalue weighted by Gasteiger charge is -2.30. The molecule has 1 spiro atoms. The van der Waals surface area contributed by atoms with Crippen molar-refractivity contribution in [3.05, 3.63) is 24.3 Å². The van der Waals surface area contributed by atoms with Gasteiger partial charge in [0.25, 0.3) is 0 Å². The number of hydrogen-bond acceptors (Lipinski definition) is 4. The van der Waals surface area contributed by atoms with Gasteiger partial charge in [0.05, 0.1) is 12.2 Å². The van der Waals surface area contributed by atoms with E-state index in [9.17, 15) is 9.90 Å². The average Bonchev–Trinajstić information content (AvgIpc) is 2.67. The summed E-state index contributed by atoms with van der Waals surface area (Å²) < 4.78 is 5.58. The summed E-state index contributed by atoms with van der Waals surface area (Å²) in [6, 6.07) is 6.74. The quantitative estimate of drug-likeness (QED) is 0.848. The summed E-state index contributed by atoms with van der Waals surface area (Å²) in [4.78, 5) is 13.6. The van der Waals surface area contributed by atoms with Crippen molar-refractivity contribution in [1.29, 1.82) is 0 Å². The number of benzene rings is 1. The molecule has 3 rings (SSSR count). The molecular formula is C13H15NO3S. The number of rotatable bonds is 1. The van der Waals surface area contributed by atoms with Gasteiger partial charge in [0.1, 0.15) is 11.4 Å². The van der Waals surface area contributed by atoms with Crippen molar-refractivity contribution in [3.63, 3.8) is 0 Å². The lowest BCUT2D eigenvalue weighted by Crippen LogP contribution is -2.39. The number of aromatic hydroxyl groups is 1. The standard InChI is InChI=1S/C13H15NO3S/c15-11-4-1-3-10(7-11)14-8-13(17-12(14)16)5-2-6-18-9-13/h1,3-4,7,15H,2,5-6,8-9H2. The predicted octanol–water partition coefficient (Wildman–Crippen LogP) is 2.61. The molecule has 96 valence electrons. The van der Waals surface area contributed by atoms with Crippen molar-refractivity contribution in [2.45, 2.75) is 18.4 Å². The number of phenolic OH excluding ortho intramolecular Hbond substituents is 1. The fourth-order valence-corrected chi connectivity index (χ4v) is 3.67. The van der Waals surface area contributed by atoms with Crippen molar-refractivity contribution in [2.75, 3.05) is 23.0 Å². The molecule has 2 saturated heterocycles. The van der Waals surface area contributed by atoms with E-state index >= 15 is 0 Å². The van der Waals surface area contributed by atoms with Crippen molar-refractivity contribution in [2.24, 2.45) is 0 Å². The van der Waals surface area contributed by atoms with Gasteiger partial charge in [-0.1, -0.05) is 6.07 Å². The molecule has 0 saturated carbocycles. The van der Waals surface area contributed by atoms with Crippen LogP contribution in [0.2, 0.25) is 0 Å². The lowest BCUT2D eigenvalue weighted by molar-refractivity contribution is 0.0664. The Kier molecular flexibility index (Phi) is 2.86. The Morgan fingerprint density at radius 3 is 3.06 bits per heavy atom. The molecule has 5 heteroatoms. The van der Waals surface area contributed by atoms with Crippen LogP contribution in [-0.2, 0) is 4.74 Å². The number of carbonyl (C=O) groups is 1. The highest BCUT2D eigenvalue weighted by atomic mass is 32.2. The second-order valence-corrected chi connectivity index (χ2v) is 5.92. The van der Waals surface area contributed by atoms with Crippen LogP contribution in [0.1, 0.15) is 12.8 Å². The van der Waals surface area contributed by atoms with E-state index in [1.54, 1.807) is 23.1 Å². The fraction of sp³-hybridized carbons (Fsp3) is 0.462. The molecule has 18 heavy (non-hydrogen) atoms. The van der Waals surface area contributed by atoms with E-state index in [0.717, 1.165) is 24.3 Å². The van der Waals surface area contributed by atoms with Gasteiger partial charge in [-0.25, -0.2) is 4.79 Å². The normalized spacial score (nSPS) is 27.6. The van der Waals surface area contributed by atoms with Gasteiger partial charge in [-0.3, -0.25) is 4.90 Å². The monoisotopic (exact) mass is 265 g/mol. The lowest BCUT2D eigenvalue weighted by atomic mass is 10.00. The Bertz CT molecular complexity index is 471. The van der Waals surface area contributed by atoms with Crippen molar-refractivity contribution < 1.29 is 14.6 Å². The molecule has 0 aromatic heterocycles. The zero-order chi connectivity index (χ0) is 12.6.